The Bertz CT molecular complexity index is 812. The van der Waals surface area contributed by atoms with E-state index < -0.39 is 0 Å². The van der Waals surface area contributed by atoms with Crippen molar-refractivity contribution in [2.75, 3.05) is 6.61 Å². The van der Waals surface area contributed by atoms with Crippen molar-refractivity contribution in [3.8, 4) is 17.1 Å². The highest BCUT2D eigenvalue weighted by molar-refractivity contribution is 5.55. The summed E-state index contributed by atoms with van der Waals surface area (Å²) in [6, 6.07) is 18.4. The minimum atomic E-state index is 0.355. The molecule has 1 heterocycles. The topological polar surface area (TPSA) is 48.2 Å². The zero-order chi connectivity index (χ0) is 19.6. The molecule has 4 heteroatoms. The molecular weight excluding hydrogens is 348 g/mol. The SMILES string of the molecule is CCCCC(CC)c1nc(-c2ccc(OCCCc3ccccc3)cc2)no1. The van der Waals surface area contributed by atoms with Gasteiger partial charge in [-0.05, 0) is 55.5 Å². The average Bonchev–Trinajstić information content (AvgIpc) is 3.23. The summed E-state index contributed by atoms with van der Waals surface area (Å²) in [7, 11) is 0. The van der Waals surface area contributed by atoms with Crippen molar-refractivity contribution in [2.45, 2.75) is 58.3 Å². The first-order valence-corrected chi connectivity index (χ1v) is 10.4. The first-order valence-electron chi connectivity index (χ1n) is 10.4. The molecule has 0 amide bonds. The number of hydrogen-bond donors (Lipinski definition) is 0. The third-order valence-corrected chi connectivity index (χ3v) is 5.02. The van der Waals surface area contributed by atoms with Crippen LogP contribution in [0, 0.1) is 0 Å². The molecule has 0 spiro atoms. The van der Waals surface area contributed by atoms with Crippen molar-refractivity contribution in [1.82, 2.24) is 10.1 Å². The van der Waals surface area contributed by atoms with Gasteiger partial charge in [-0.1, -0.05) is 62.2 Å². The number of ether oxygens (including phenoxy) is 1. The fourth-order valence-corrected chi connectivity index (χ4v) is 3.28. The van der Waals surface area contributed by atoms with E-state index in [2.05, 4.69) is 48.3 Å². The Kier molecular flexibility index (Phi) is 7.65. The Morgan fingerprint density at radius 3 is 2.46 bits per heavy atom. The molecule has 4 nitrogen and oxygen atoms in total. The van der Waals surface area contributed by atoms with E-state index >= 15 is 0 Å². The van der Waals surface area contributed by atoms with Crippen LogP contribution in [-0.4, -0.2) is 16.7 Å². The number of aromatic nitrogens is 2. The van der Waals surface area contributed by atoms with E-state index in [0.29, 0.717) is 18.3 Å². The Balaban J connectivity index is 1.51. The van der Waals surface area contributed by atoms with E-state index in [0.717, 1.165) is 42.9 Å². The third kappa shape index (κ3) is 5.69. The largest absolute Gasteiger partial charge is 0.494 e. The number of unbranched alkanes of at least 4 members (excludes halogenated alkanes) is 1. The molecule has 2 aromatic carbocycles. The van der Waals surface area contributed by atoms with Crippen LogP contribution in [0.15, 0.2) is 59.1 Å². The van der Waals surface area contributed by atoms with Crippen LogP contribution in [0.2, 0.25) is 0 Å². The smallest absolute Gasteiger partial charge is 0.230 e. The van der Waals surface area contributed by atoms with E-state index in [9.17, 15) is 0 Å². The quantitative estimate of drug-likeness (QED) is 0.361. The number of aryl methyl sites for hydroxylation is 1. The molecule has 1 unspecified atom stereocenters. The van der Waals surface area contributed by atoms with Gasteiger partial charge in [0.2, 0.25) is 11.7 Å². The van der Waals surface area contributed by atoms with Gasteiger partial charge in [0.25, 0.3) is 0 Å². The lowest BCUT2D eigenvalue weighted by atomic mass is 9.99. The fourth-order valence-electron chi connectivity index (χ4n) is 3.28. The molecule has 0 saturated heterocycles. The number of nitrogens with zero attached hydrogens (tertiary/aromatic N) is 2. The van der Waals surface area contributed by atoms with E-state index in [1.54, 1.807) is 0 Å². The van der Waals surface area contributed by atoms with Crippen LogP contribution in [0.4, 0.5) is 0 Å². The summed E-state index contributed by atoms with van der Waals surface area (Å²) in [6.45, 7) is 5.08. The predicted octanol–water partition coefficient (Wildman–Crippen LogP) is 6.43. The summed E-state index contributed by atoms with van der Waals surface area (Å²) in [5.74, 6) is 2.64. The normalized spacial score (nSPS) is 12.1. The first-order chi connectivity index (χ1) is 13.8. The maximum absolute atomic E-state index is 5.86. The molecule has 1 aromatic heterocycles. The minimum absolute atomic E-state index is 0.355. The molecule has 3 aromatic rings. The average molecular weight is 379 g/mol. The summed E-state index contributed by atoms with van der Waals surface area (Å²) < 4.78 is 11.4. The molecular formula is C24H30N2O2. The fraction of sp³-hybridized carbons (Fsp3) is 0.417. The zero-order valence-electron chi connectivity index (χ0n) is 16.9. The molecule has 28 heavy (non-hydrogen) atoms. The van der Waals surface area contributed by atoms with Gasteiger partial charge in [0.1, 0.15) is 5.75 Å². The summed E-state index contributed by atoms with van der Waals surface area (Å²) in [6.07, 6.45) is 6.52. The first kappa shape index (κ1) is 20.1. The second-order valence-electron chi connectivity index (χ2n) is 7.17. The van der Waals surface area contributed by atoms with Gasteiger partial charge >= 0.3 is 0 Å². The lowest BCUT2D eigenvalue weighted by Crippen LogP contribution is -1.99. The molecule has 1 atom stereocenters. The molecule has 0 aliphatic carbocycles. The van der Waals surface area contributed by atoms with Crippen molar-refractivity contribution in [2.24, 2.45) is 0 Å². The molecule has 0 bridgehead atoms. The maximum atomic E-state index is 5.86. The second-order valence-corrected chi connectivity index (χ2v) is 7.17. The number of hydrogen-bond acceptors (Lipinski definition) is 4. The highest BCUT2D eigenvalue weighted by Crippen LogP contribution is 2.27. The molecule has 3 rings (SSSR count). The van der Waals surface area contributed by atoms with Gasteiger partial charge in [0.05, 0.1) is 6.61 Å². The van der Waals surface area contributed by atoms with Crippen molar-refractivity contribution < 1.29 is 9.26 Å². The Labute approximate surface area is 167 Å². The van der Waals surface area contributed by atoms with Crippen molar-refractivity contribution in [1.29, 1.82) is 0 Å². The van der Waals surface area contributed by atoms with Gasteiger partial charge in [-0.15, -0.1) is 0 Å². The van der Waals surface area contributed by atoms with Gasteiger partial charge < -0.3 is 9.26 Å². The molecule has 0 radical (unpaired) electrons. The summed E-state index contributed by atoms with van der Waals surface area (Å²) in [5.41, 5.74) is 2.30. The molecule has 0 aliphatic rings. The molecule has 148 valence electrons. The predicted molar refractivity (Wildman–Crippen MR) is 113 cm³/mol. The van der Waals surface area contributed by atoms with Gasteiger partial charge in [-0.2, -0.15) is 4.98 Å². The summed E-state index contributed by atoms with van der Waals surface area (Å²) >= 11 is 0. The second kappa shape index (κ2) is 10.6. The lowest BCUT2D eigenvalue weighted by Gasteiger charge is -2.08. The van der Waals surface area contributed by atoms with Crippen LogP contribution in [0.1, 0.15) is 63.3 Å². The number of benzene rings is 2. The zero-order valence-corrected chi connectivity index (χ0v) is 16.9. The Morgan fingerprint density at radius 1 is 0.964 bits per heavy atom. The van der Waals surface area contributed by atoms with Gasteiger partial charge in [0, 0.05) is 11.5 Å². The van der Waals surface area contributed by atoms with Crippen molar-refractivity contribution in [3.05, 3.63) is 66.1 Å². The molecule has 0 fully saturated rings. The molecule has 0 aliphatic heterocycles. The van der Waals surface area contributed by atoms with Crippen LogP contribution < -0.4 is 4.74 Å². The summed E-state index contributed by atoms with van der Waals surface area (Å²) in [5, 5.41) is 4.18. The standard InChI is InChI=1S/C24H30N2O2/c1-3-5-13-20(4-2)24-25-23(26-28-24)21-14-16-22(17-15-21)27-18-9-12-19-10-7-6-8-11-19/h6-8,10-11,14-17,20H,3-5,9,12-13,18H2,1-2H3. The van der Waals surface area contributed by atoms with E-state index in [-0.39, 0.29) is 0 Å². The van der Waals surface area contributed by atoms with Gasteiger partial charge in [0.15, 0.2) is 0 Å². The van der Waals surface area contributed by atoms with Crippen LogP contribution in [-0.2, 0) is 6.42 Å². The van der Waals surface area contributed by atoms with E-state index in [1.165, 1.54) is 18.4 Å². The maximum Gasteiger partial charge on any atom is 0.230 e. The van der Waals surface area contributed by atoms with Crippen LogP contribution in [0.25, 0.3) is 11.4 Å². The monoisotopic (exact) mass is 378 g/mol. The highest BCUT2D eigenvalue weighted by Gasteiger charge is 2.17. The Hall–Kier alpha value is -2.62. The number of rotatable bonds is 11. The summed E-state index contributed by atoms with van der Waals surface area (Å²) in [4.78, 5) is 4.62. The van der Waals surface area contributed by atoms with Crippen LogP contribution >= 0.6 is 0 Å². The van der Waals surface area contributed by atoms with Crippen LogP contribution in [0.3, 0.4) is 0 Å². The van der Waals surface area contributed by atoms with Gasteiger partial charge in [-0.25, -0.2) is 0 Å². The minimum Gasteiger partial charge on any atom is -0.494 e. The van der Waals surface area contributed by atoms with Crippen LogP contribution in [0.5, 0.6) is 5.75 Å². The van der Waals surface area contributed by atoms with Crippen molar-refractivity contribution >= 4 is 0 Å². The third-order valence-electron chi connectivity index (χ3n) is 5.02. The molecule has 0 N–H and O–H groups in total. The van der Waals surface area contributed by atoms with Gasteiger partial charge in [-0.3, -0.25) is 0 Å². The van der Waals surface area contributed by atoms with E-state index in [4.69, 9.17) is 9.26 Å². The van der Waals surface area contributed by atoms with Crippen molar-refractivity contribution in [3.63, 3.8) is 0 Å². The van der Waals surface area contributed by atoms with E-state index in [1.807, 2.05) is 30.3 Å². The Morgan fingerprint density at radius 2 is 1.75 bits per heavy atom. The molecule has 0 saturated carbocycles. The highest BCUT2D eigenvalue weighted by atomic mass is 16.5. The lowest BCUT2D eigenvalue weighted by molar-refractivity contribution is 0.311.